The summed E-state index contributed by atoms with van der Waals surface area (Å²) in [6.45, 7) is 1.02. The molecule has 1 amide bonds. The molecule has 0 aliphatic carbocycles. The van der Waals surface area contributed by atoms with Crippen LogP contribution >= 0.6 is 0 Å². The molecule has 1 N–H and O–H groups in total. The average Bonchev–Trinajstić information content (AvgIpc) is 2.88. The molecule has 0 bridgehead atoms. The summed E-state index contributed by atoms with van der Waals surface area (Å²) in [4.78, 5) is 36.5. The number of carbonyl (C=O) groups excluding carboxylic acids is 2. The number of nitrogens with one attached hydrogen (secondary N) is 1. The second kappa shape index (κ2) is 10.5. The van der Waals surface area contributed by atoms with Crippen molar-refractivity contribution in [1.29, 1.82) is 0 Å². The molecule has 7 nitrogen and oxygen atoms in total. The second-order valence-corrected chi connectivity index (χ2v) is 8.13. The van der Waals surface area contributed by atoms with E-state index in [1.54, 1.807) is 48.8 Å². The fourth-order valence-electron chi connectivity index (χ4n) is 3.90. The number of alkyl halides is 3. The molecule has 4 rings (SSSR count). The number of aromatic nitrogens is 2. The number of carbonyl (C=O) groups is 2. The van der Waals surface area contributed by atoms with E-state index < -0.39 is 35.6 Å². The third-order valence-electron chi connectivity index (χ3n) is 5.62. The van der Waals surface area contributed by atoms with Crippen molar-refractivity contribution >= 4 is 23.5 Å². The van der Waals surface area contributed by atoms with E-state index in [-0.39, 0.29) is 5.69 Å². The molecule has 0 unspecified atom stereocenters. The Morgan fingerprint density at radius 3 is 2.49 bits per heavy atom. The molecular formula is C25H23F3N4O3. The molecule has 1 aliphatic heterocycles. The van der Waals surface area contributed by atoms with Crippen molar-refractivity contribution < 1.29 is 27.5 Å². The Hall–Kier alpha value is -3.95. The molecule has 10 heteroatoms. The van der Waals surface area contributed by atoms with Crippen molar-refractivity contribution in [2.75, 3.05) is 23.3 Å². The first kappa shape index (κ1) is 24.2. The topological polar surface area (TPSA) is 84.4 Å². The van der Waals surface area contributed by atoms with Crippen molar-refractivity contribution in [3.05, 3.63) is 84.2 Å². The molecule has 0 spiro atoms. The molecule has 2 aromatic carbocycles. The van der Waals surface area contributed by atoms with E-state index in [0.717, 1.165) is 12.1 Å². The number of piperidine rings is 1. The first-order valence-electron chi connectivity index (χ1n) is 11.1. The fourth-order valence-corrected chi connectivity index (χ4v) is 3.90. The summed E-state index contributed by atoms with van der Waals surface area (Å²) >= 11 is 0. The number of hydrogen-bond acceptors (Lipinski definition) is 6. The summed E-state index contributed by atoms with van der Waals surface area (Å²) < 4.78 is 44.8. The molecule has 0 radical (unpaired) electrons. The molecule has 35 heavy (non-hydrogen) atoms. The average molecular weight is 484 g/mol. The molecule has 0 saturated carbocycles. The number of anilines is 2. The van der Waals surface area contributed by atoms with Gasteiger partial charge in [-0.2, -0.15) is 13.2 Å². The SMILES string of the molecule is O=C(O[C@@H](C(=O)Nc1cccc(C(F)(F)F)c1)c1ccccc1)[C@H]1CCCN(c2ncccn2)C1. The van der Waals surface area contributed by atoms with Gasteiger partial charge in [-0.25, -0.2) is 9.97 Å². The van der Waals surface area contributed by atoms with Crippen LogP contribution in [0.4, 0.5) is 24.8 Å². The van der Waals surface area contributed by atoms with Crippen LogP contribution in [0.15, 0.2) is 73.1 Å². The summed E-state index contributed by atoms with van der Waals surface area (Å²) in [5.74, 6) is -1.33. The zero-order chi connectivity index (χ0) is 24.8. The van der Waals surface area contributed by atoms with Gasteiger partial charge in [0.1, 0.15) is 0 Å². The number of esters is 1. The maximum atomic E-state index is 13.1. The van der Waals surface area contributed by atoms with Crippen LogP contribution in [0, 0.1) is 5.92 Å². The molecule has 182 valence electrons. The van der Waals surface area contributed by atoms with Gasteiger partial charge < -0.3 is 15.0 Å². The van der Waals surface area contributed by atoms with Gasteiger partial charge in [-0.15, -0.1) is 0 Å². The standard InChI is InChI=1S/C25H23F3N4O3/c26-25(27,28)19-10-4-11-20(15-19)31-22(33)21(17-7-2-1-3-8-17)35-23(34)18-9-5-14-32(16-18)24-29-12-6-13-30-24/h1-4,6-8,10-13,15,18,21H,5,9,14,16H2,(H,31,33)/t18-,21+/m0/s1. The Labute approximate surface area is 200 Å². The van der Waals surface area contributed by atoms with Crippen LogP contribution in [-0.2, 0) is 20.5 Å². The van der Waals surface area contributed by atoms with E-state index in [9.17, 15) is 22.8 Å². The van der Waals surface area contributed by atoms with Crippen LogP contribution < -0.4 is 10.2 Å². The zero-order valence-electron chi connectivity index (χ0n) is 18.6. The monoisotopic (exact) mass is 484 g/mol. The van der Waals surface area contributed by atoms with Gasteiger partial charge in [0.25, 0.3) is 5.91 Å². The highest BCUT2D eigenvalue weighted by Crippen LogP contribution is 2.31. The Morgan fingerprint density at radius 2 is 1.77 bits per heavy atom. The minimum Gasteiger partial charge on any atom is -0.447 e. The van der Waals surface area contributed by atoms with Gasteiger partial charge in [0, 0.05) is 36.7 Å². The van der Waals surface area contributed by atoms with Crippen molar-refractivity contribution in [2.24, 2.45) is 5.92 Å². The normalized spacial score (nSPS) is 16.9. The summed E-state index contributed by atoms with van der Waals surface area (Å²) in [6.07, 6.45) is -1.37. The lowest BCUT2D eigenvalue weighted by atomic mass is 9.98. The highest BCUT2D eigenvalue weighted by atomic mass is 19.4. The van der Waals surface area contributed by atoms with Crippen LogP contribution in [0.25, 0.3) is 0 Å². The van der Waals surface area contributed by atoms with Crippen LogP contribution in [0.5, 0.6) is 0 Å². The Bertz CT molecular complexity index is 1160. The van der Waals surface area contributed by atoms with Crippen molar-refractivity contribution in [1.82, 2.24) is 9.97 Å². The minimum atomic E-state index is -4.55. The molecular weight excluding hydrogens is 461 g/mol. The van der Waals surface area contributed by atoms with E-state index in [4.69, 9.17) is 4.74 Å². The van der Waals surface area contributed by atoms with Crippen LogP contribution in [0.1, 0.15) is 30.1 Å². The van der Waals surface area contributed by atoms with Crippen LogP contribution in [-0.4, -0.2) is 34.9 Å². The van der Waals surface area contributed by atoms with Gasteiger partial charge in [0.2, 0.25) is 12.1 Å². The number of rotatable bonds is 6. The van der Waals surface area contributed by atoms with E-state index in [0.29, 0.717) is 37.4 Å². The van der Waals surface area contributed by atoms with Gasteiger partial charge in [-0.1, -0.05) is 36.4 Å². The summed E-state index contributed by atoms with van der Waals surface area (Å²) in [6, 6.07) is 14.3. The Balaban J connectivity index is 1.50. The van der Waals surface area contributed by atoms with E-state index in [1.165, 1.54) is 12.1 Å². The van der Waals surface area contributed by atoms with E-state index in [2.05, 4.69) is 15.3 Å². The summed E-state index contributed by atoms with van der Waals surface area (Å²) in [7, 11) is 0. The Kier molecular flexibility index (Phi) is 7.28. The molecule has 2 atom stereocenters. The summed E-state index contributed by atoms with van der Waals surface area (Å²) in [5, 5.41) is 2.45. The number of hydrogen-bond donors (Lipinski definition) is 1. The molecule has 1 aliphatic rings. The maximum absolute atomic E-state index is 13.1. The number of nitrogens with zero attached hydrogens (tertiary/aromatic N) is 3. The van der Waals surface area contributed by atoms with Gasteiger partial charge >= 0.3 is 12.1 Å². The predicted molar refractivity (Wildman–Crippen MR) is 122 cm³/mol. The number of ether oxygens (including phenoxy) is 1. The first-order valence-corrected chi connectivity index (χ1v) is 11.1. The lowest BCUT2D eigenvalue weighted by molar-refractivity contribution is -0.159. The van der Waals surface area contributed by atoms with E-state index >= 15 is 0 Å². The molecule has 2 heterocycles. The lowest BCUT2D eigenvalue weighted by Gasteiger charge is -2.32. The smallest absolute Gasteiger partial charge is 0.416 e. The van der Waals surface area contributed by atoms with Gasteiger partial charge in [-0.3, -0.25) is 9.59 Å². The zero-order valence-corrected chi connectivity index (χ0v) is 18.6. The van der Waals surface area contributed by atoms with E-state index in [1.807, 2.05) is 4.90 Å². The Morgan fingerprint density at radius 1 is 1.03 bits per heavy atom. The molecule has 3 aromatic rings. The van der Waals surface area contributed by atoms with Crippen LogP contribution in [0.3, 0.4) is 0 Å². The second-order valence-electron chi connectivity index (χ2n) is 8.13. The van der Waals surface area contributed by atoms with Crippen molar-refractivity contribution in [3.8, 4) is 0 Å². The van der Waals surface area contributed by atoms with Gasteiger partial charge in [-0.05, 0) is 37.1 Å². The predicted octanol–water partition coefficient (Wildman–Crippen LogP) is 4.64. The van der Waals surface area contributed by atoms with Gasteiger partial charge in [0.05, 0.1) is 11.5 Å². The first-order chi connectivity index (χ1) is 16.8. The van der Waals surface area contributed by atoms with Gasteiger partial charge in [0.15, 0.2) is 0 Å². The van der Waals surface area contributed by atoms with Crippen LogP contribution in [0.2, 0.25) is 0 Å². The number of benzene rings is 2. The summed E-state index contributed by atoms with van der Waals surface area (Å²) in [5.41, 5.74) is -0.537. The molecule has 1 saturated heterocycles. The largest absolute Gasteiger partial charge is 0.447 e. The maximum Gasteiger partial charge on any atom is 0.416 e. The number of halogens is 3. The quantitative estimate of drug-likeness (QED) is 0.514. The highest BCUT2D eigenvalue weighted by molar-refractivity contribution is 5.96. The lowest BCUT2D eigenvalue weighted by Crippen LogP contribution is -2.41. The molecule has 1 aromatic heterocycles. The minimum absolute atomic E-state index is 0.0492. The van der Waals surface area contributed by atoms with Crippen molar-refractivity contribution in [3.63, 3.8) is 0 Å². The highest BCUT2D eigenvalue weighted by Gasteiger charge is 2.34. The third kappa shape index (κ3) is 6.14. The fraction of sp³-hybridized carbons (Fsp3) is 0.280. The molecule has 1 fully saturated rings. The third-order valence-corrected chi connectivity index (χ3v) is 5.62. The van der Waals surface area contributed by atoms with Crippen molar-refractivity contribution in [2.45, 2.75) is 25.1 Å². The number of amides is 1.